The van der Waals surface area contributed by atoms with Crippen molar-refractivity contribution in [1.29, 1.82) is 0 Å². The molecule has 3 rings (SSSR count). The third-order valence-corrected chi connectivity index (χ3v) is 5.00. The molecule has 1 fully saturated rings. The van der Waals surface area contributed by atoms with Gasteiger partial charge >= 0.3 is 0 Å². The topological polar surface area (TPSA) is 44.4 Å². The molecule has 0 saturated carbocycles. The number of nitrogens with one attached hydrogen (secondary N) is 2. The number of carbonyl (C=O) groups is 1. The number of benzene rings is 2. The third kappa shape index (κ3) is 5.25. The highest BCUT2D eigenvalue weighted by Gasteiger charge is 2.15. The van der Waals surface area contributed by atoms with Crippen LogP contribution >= 0.6 is 0 Å². The molecule has 2 aromatic rings. The highest BCUT2D eigenvalue weighted by molar-refractivity contribution is 5.91. The van der Waals surface area contributed by atoms with E-state index in [2.05, 4.69) is 53.6 Å². The average Bonchev–Trinajstić information content (AvgIpc) is 2.63. The van der Waals surface area contributed by atoms with E-state index >= 15 is 0 Å². The van der Waals surface area contributed by atoms with Crippen molar-refractivity contribution in [2.24, 2.45) is 5.92 Å². The van der Waals surface area contributed by atoms with Gasteiger partial charge in [0.25, 0.3) is 0 Å². The van der Waals surface area contributed by atoms with Crippen molar-refractivity contribution in [3.63, 3.8) is 0 Å². The van der Waals surface area contributed by atoms with E-state index in [9.17, 15) is 4.79 Å². The van der Waals surface area contributed by atoms with Crippen LogP contribution in [0.25, 0.3) is 0 Å². The molecule has 0 aromatic heterocycles. The zero-order chi connectivity index (χ0) is 18.4. The molecule has 2 N–H and O–H groups in total. The Labute approximate surface area is 156 Å². The Morgan fingerprint density at radius 2 is 1.81 bits per heavy atom. The van der Waals surface area contributed by atoms with Crippen molar-refractivity contribution in [3.05, 3.63) is 54.1 Å². The van der Waals surface area contributed by atoms with Crippen molar-refractivity contribution in [3.8, 4) is 0 Å². The quantitative estimate of drug-likeness (QED) is 0.795. The summed E-state index contributed by atoms with van der Waals surface area (Å²) in [6.45, 7) is 7.25. The molecule has 26 heavy (non-hydrogen) atoms. The first kappa shape index (κ1) is 18.3. The predicted octanol–water partition coefficient (Wildman–Crippen LogP) is 4.67. The largest absolute Gasteiger partial charge is 0.385 e. The fourth-order valence-corrected chi connectivity index (χ4v) is 3.32. The lowest BCUT2D eigenvalue weighted by molar-refractivity contribution is -0.115. The van der Waals surface area contributed by atoms with Gasteiger partial charge in [0.05, 0.1) is 0 Å². The number of carbonyl (C=O) groups excluding carboxylic acids is 1. The third-order valence-electron chi connectivity index (χ3n) is 5.00. The van der Waals surface area contributed by atoms with Gasteiger partial charge in [-0.25, -0.2) is 0 Å². The van der Waals surface area contributed by atoms with Crippen LogP contribution in [-0.2, 0) is 4.79 Å². The van der Waals surface area contributed by atoms with E-state index < -0.39 is 0 Å². The first-order valence-electron chi connectivity index (χ1n) is 9.55. The van der Waals surface area contributed by atoms with Crippen LogP contribution in [0.4, 0.5) is 17.1 Å². The minimum atomic E-state index is 0.0321. The number of rotatable bonds is 6. The monoisotopic (exact) mass is 351 g/mol. The number of piperidine rings is 1. The van der Waals surface area contributed by atoms with Gasteiger partial charge < -0.3 is 15.5 Å². The minimum Gasteiger partial charge on any atom is -0.385 e. The smallest absolute Gasteiger partial charge is 0.226 e. The Kier molecular flexibility index (Phi) is 6.16. The summed E-state index contributed by atoms with van der Waals surface area (Å²) in [5.74, 6) is 0.864. The molecular formula is C22H29N3O. The summed E-state index contributed by atoms with van der Waals surface area (Å²) in [6.07, 6.45) is 2.96. The number of nitrogens with zero attached hydrogens (tertiary/aromatic N) is 1. The molecule has 0 aliphatic carbocycles. The molecule has 4 heteroatoms. The van der Waals surface area contributed by atoms with Gasteiger partial charge in [0, 0.05) is 43.1 Å². The lowest BCUT2D eigenvalue weighted by Gasteiger charge is -2.32. The molecule has 2 aromatic carbocycles. The maximum absolute atomic E-state index is 12.1. The zero-order valence-electron chi connectivity index (χ0n) is 15.8. The molecular weight excluding hydrogens is 322 g/mol. The van der Waals surface area contributed by atoms with Gasteiger partial charge in [-0.05, 0) is 67.6 Å². The van der Waals surface area contributed by atoms with E-state index in [-0.39, 0.29) is 5.91 Å². The first-order chi connectivity index (χ1) is 12.6. The first-order valence-corrected chi connectivity index (χ1v) is 9.55. The average molecular weight is 351 g/mol. The van der Waals surface area contributed by atoms with Gasteiger partial charge in [-0.3, -0.25) is 4.79 Å². The van der Waals surface area contributed by atoms with Gasteiger partial charge in [0.2, 0.25) is 5.91 Å². The molecule has 1 saturated heterocycles. The summed E-state index contributed by atoms with van der Waals surface area (Å²) in [5, 5.41) is 6.27. The van der Waals surface area contributed by atoms with Crippen LogP contribution in [0.15, 0.2) is 48.5 Å². The molecule has 1 aliphatic rings. The molecule has 0 unspecified atom stereocenters. The van der Waals surface area contributed by atoms with Gasteiger partial charge in [-0.2, -0.15) is 0 Å². The molecule has 138 valence electrons. The van der Waals surface area contributed by atoms with Gasteiger partial charge in [-0.1, -0.05) is 19.1 Å². The fraction of sp³-hybridized carbons (Fsp3) is 0.409. The number of hydrogen-bond acceptors (Lipinski definition) is 3. The molecule has 1 amide bonds. The Hall–Kier alpha value is -2.49. The van der Waals surface area contributed by atoms with Crippen LogP contribution in [0.1, 0.15) is 31.7 Å². The van der Waals surface area contributed by atoms with Crippen LogP contribution in [0.5, 0.6) is 0 Å². The summed E-state index contributed by atoms with van der Waals surface area (Å²) >= 11 is 0. The van der Waals surface area contributed by atoms with Crippen molar-refractivity contribution in [2.75, 3.05) is 35.2 Å². The lowest BCUT2D eigenvalue weighted by atomic mass is 9.99. The molecule has 4 nitrogen and oxygen atoms in total. The molecule has 0 radical (unpaired) electrons. The molecule has 0 bridgehead atoms. The standard InChI is InChI=1S/C22H29N3O/c1-17-11-14-25(15-12-17)21-8-6-19(7-9-21)24-22(26)10-13-23-20-5-3-4-18(2)16-20/h3-9,16-17,23H,10-15H2,1-2H3,(H,24,26). The van der Waals surface area contributed by atoms with Crippen LogP contribution in [0.3, 0.4) is 0 Å². The molecule has 1 heterocycles. The summed E-state index contributed by atoms with van der Waals surface area (Å²) in [5.41, 5.74) is 4.37. The SMILES string of the molecule is Cc1cccc(NCCC(=O)Nc2ccc(N3CCC(C)CC3)cc2)c1. The summed E-state index contributed by atoms with van der Waals surface area (Å²) in [6, 6.07) is 16.4. The lowest BCUT2D eigenvalue weighted by Crippen LogP contribution is -2.32. The molecule has 1 aliphatic heterocycles. The van der Waals surface area contributed by atoms with Crippen LogP contribution in [-0.4, -0.2) is 25.5 Å². The molecule has 0 spiro atoms. The Bertz CT molecular complexity index is 718. The highest BCUT2D eigenvalue weighted by atomic mass is 16.1. The zero-order valence-corrected chi connectivity index (χ0v) is 15.8. The fourth-order valence-electron chi connectivity index (χ4n) is 3.32. The molecule has 0 atom stereocenters. The van der Waals surface area contributed by atoms with E-state index in [1.165, 1.54) is 24.1 Å². The Balaban J connectivity index is 1.44. The van der Waals surface area contributed by atoms with Crippen LogP contribution < -0.4 is 15.5 Å². The van der Waals surface area contributed by atoms with Gasteiger partial charge in [-0.15, -0.1) is 0 Å². The van der Waals surface area contributed by atoms with Crippen LogP contribution in [0, 0.1) is 12.8 Å². The number of anilines is 3. The van der Waals surface area contributed by atoms with E-state index in [1.54, 1.807) is 0 Å². The van der Waals surface area contributed by atoms with E-state index in [0.717, 1.165) is 30.4 Å². The second kappa shape index (κ2) is 8.75. The number of amides is 1. The minimum absolute atomic E-state index is 0.0321. The van der Waals surface area contributed by atoms with Gasteiger partial charge in [0.15, 0.2) is 0 Å². The second-order valence-corrected chi connectivity index (χ2v) is 7.31. The van der Waals surface area contributed by atoms with E-state index in [4.69, 9.17) is 0 Å². The summed E-state index contributed by atoms with van der Waals surface area (Å²) in [4.78, 5) is 14.6. The van der Waals surface area contributed by atoms with E-state index in [1.807, 2.05) is 24.3 Å². The number of aryl methyl sites for hydroxylation is 1. The normalized spacial score (nSPS) is 14.9. The van der Waals surface area contributed by atoms with Crippen LogP contribution in [0.2, 0.25) is 0 Å². The van der Waals surface area contributed by atoms with Gasteiger partial charge in [0.1, 0.15) is 0 Å². The summed E-state index contributed by atoms with van der Waals surface area (Å²) in [7, 11) is 0. The predicted molar refractivity (Wildman–Crippen MR) is 110 cm³/mol. The maximum Gasteiger partial charge on any atom is 0.226 e. The van der Waals surface area contributed by atoms with Crippen molar-refractivity contribution >= 4 is 23.0 Å². The summed E-state index contributed by atoms with van der Waals surface area (Å²) < 4.78 is 0. The van der Waals surface area contributed by atoms with Crippen molar-refractivity contribution in [2.45, 2.75) is 33.1 Å². The Morgan fingerprint density at radius 1 is 1.08 bits per heavy atom. The highest BCUT2D eigenvalue weighted by Crippen LogP contribution is 2.24. The Morgan fingerprint density at radius 3 is 2.50 bits per heavy atom. The van der Waals surface area contributed by atoms with Crippen molar-refractivity contribution < 1.29 is 4.79 Å². The number of hydrogen-bond donors (Lipinski definition) is 2. The maximum atomic E-state index is 12.1. The van der Waals surface area contributed by atoms with E-state index in [0.29, 0.717) is 13.0 Å². The van der Waals surface area contributed by atoms with Crippen molar-refractivity contribution in [1.82, 2.24) is 0 Å². The second-order valence-electron chi connectivity index (χ2n) is 7.31.